The van der Waals surface area contributed by atoms with Crippen LogP contribution in [0.4, 0.5) is 4.39 Å². The molecule has 0 saturated carbocycles. The first-order chi connectivity index (χ1) is 15.9. The topological polar surface area (TPSA) is 83.7 Å². The van der Waals surface area contributed by atoms with Crippen LogP contribution in [0.25, 0.3) is 0 Å². The molecule has 8 heteroatoms. The van der Waals surface area contributed by atoms with Crippen molar-refractivity contribution in [3.05, 3.63) is 92.7 Å². The van der Waals surface area contributed by atoms with Gasteiger partial charge in [0.15, 0.2) is 11.5 Å². The summed E-state index contributed by atoms with van der Waals surface area (Å²) in [4.78, 5) is 12.2. The summed E-state index contributed by atoms with van der Waals surface area (Å²) in [5, 5.41) is 12.7. The third kappa shape index (κ3) is 6.40. The van der Waals surface area contributed by atoms with E-state index in [0.29, 0.717) is 34.7 Å². The number of halogens is 2. The van der Waals surface area contributed by atoms with Gasteiger partial charge in [-0.1, -0.05) is 29.8 Å². The molecule has 0 fully saturated rings. The van der Waals surface area contributed by atoms with Gasteiger partial charge in [0.2, 0.25) is 0 Å². The monoisotopic (exact) mass is 509 g/mol. The van der Waals surface area contributed by atoms with Gasteiger partial charge in [-0.3, -0.25) is 4.79 Å². The first kappa shape index (κ1) is 24.0. The minimum absolute atomic E-state index is 0.129. The van der Waals surface area contributed by atoms with Crippen LogP contribution < -0.4 is 14.9 Å². The molecule has 0 aliphatic carbocycles. The van der Waals surface area contributed by atoms with Crippen molar-refractivity contribution in [2.45, 2.75) is 20.5 Å². The standard InChI is InChI=1S/C25H21BrFN3O3/c1-3-32-23-11-19(14-29-30-25(31)20-8-7-17(13-28)10-22(20)27)21(26)12-24(23)33-15-18-6-4-5-16(2)9-18/h4-12,14H,3,15H2,1-2H3,(H,30,31)/b29-14-. The number of benzene rings is 3. The summed E-state index contributed by atoms with van der Waals surface area (Å²) < 4.78 is 26.3. The minimum atomic E-state index is -0.795. The molecule has 3 aromatic carbocycles. The number of nitriles is 1. The van der Waals surface area contributed by atoms with Gasteiger partial charge >= 0.3 is 0 Å². The van der Waals surface area contributed by atoms with Gasteiger partial charge in [0.1, 0.15) is 12.4 Å². The molecule has 0 saturated heterocycles. The summed E-state index contributed by atoms with van der Waals surface area (Å²) >= 11 is 3.48. The zero-order valence-electron chi connectivity index (χ0n) is 18.1. The van der Waals surface area contributed by atoms with Crippen LogP contribution in [0.2, 0.25) is 0 Å². The number of nitrogens with one attached hydrogen (secondary N) is 1. The molecule has 0 radical (unpaired) electrons. The van der Waals surface area contributed by atoms with Crippen molar-refractivity contribution in [3.63, 3.8) is 0 Å². The van der Waals surface area contributed by atoms with Crippen LogP contribution in [0, 0.1) is 24.1 Å². The average Bonchev–Trinajstić information content (AvgIpc) is 2.79. The highest BCUT2D eigenvalue weighted by atomic mass is 79.9. The van der Waals surface area contributed by atoms with Crippen LogP contribution in [0.1, 0.15) is 39.5 Å². The van der Waals surface area contributed by atoms with Crippen LogP contribution in [-0.2, 0) is 6.61 Å². The summed E-state index contributed by atoms with van der Waals surface area (Å²) in [6.45, 7) is 4.71. The van der Waals surface area contributed by atoms with Crippen LogP contribution in [0.3, 0.4) is 0 Å². The van der Waals surface area contributed by atoms with Crippen molar-refractivity contribution in [2.24, 2.45) is 5.10 Å². The molecule has 0 aliphatic heterocycles. The molecule has 3 rings (SSSR count). The zero-order chi connectivity index (χ0) is 23.8. The molecule has 3 aromatic rings. The largest absolute Gasteiger partial charge is 0.490 e. The number of hydrogen-bond acceptors (Lipinski definition) is 5. The van der Waals surface area contributed by atoms with Gasteiger partial charge < -0.3 is 9.47 Å². The predicted molar refractivity (Wildman–Crippen MR) is 127 cm³/mol. The number of nitrogens with zero attached hydrogens (tertiary/aromatic N) is 2. The smallest absolute Gasteiger partial charge is 0.274 e. The minimum Gasteiger partial charge on any atom is -0.490 e. The van der Waals surface area contributed by atoms with E-state index >= 15 is 0 Å². The Balaban J connectivity index is 1.73. The highest BCUT2D eigenvalue weighted by molar-refractivity contribution is 9.10. The predicted octanol–water partition coefficient (Wildman–Crippen LogP) is 5.51. The first-order valence-electron chi connectivity index (χ1n) is 10.1. The first-order valence-corrected chi connectivity index (χ1v) is 10.9. The van der Waals surface area contributed by atoms with Crippen LogP contribution in [0.5, 0.6) is 11.5 Å². The summed E-state index contributed by atoms with van der Waals surface area (Å²) in [7, 11) is 0. The van der Waals surface area contributed by atoms with Crippen molar-refractivity contribution in [1.82, 2.24) is 5.43 Å². The van der Waals surface area contributed by atoms with E-state index in [1.807, 2.05) is 38.1 Å². The maximum Gasteiger partial charge on any atom is 0.274 e. The Morgan fingerprint density at radius 2 is 1.97 bits per heavy atom. The second-order valence-electron chi connectivity index (χ2n) is 7.04. The Bertz CT molecular complexity index is 1240. The van der Waals surface area contributed by atoms with Crippen molar-refractivity contribution in [2.75, 3.05) is 6.61 Å². The van der Waals surface area contributed by atoms with Gasteiger partial charge in [-0.2, -0.15) is 10.4 Å². The van der Waals surface area contributed by atoms with Gasteiger partial charge in [0.25, 0.3) is 5.91 Å². The van der Waals surface area contributed by atoms with E-state index in [4.69, 9.17) is 14.7 Å². The summed E-state index contributed by atoms with van der Waals surface area (Å²) in [5.41, 5.74) is 5.02. The summed E-state index contributed by atoms with van der Waals surface area (Å²) in [6.07, 6.45) is 1.41. The summed E-state index contributed by atoms with van der Waals surface area (Å²) in [6, 6.07) is 17.0. The lowest BCUT2D eigenvalue weighted by atomic mass is 10.1. The van der Waals surface area contributed by atoms with Crippen molar-refractivity contribution in [3.8, 4) is 17.6 Å². The van der Waals surface area contributed by atoms with E-state index in [9.17, 15) is 9.18 Å². The molecular weight excluding hydrogens is 489 g/mol. The Morgan fingerprint density at radius 1 is 1.18 bits per heavy atom. The Hall–Kier alpha value is -3.70. The van der Waals surface area contributed by atoms with E-state index in [0.717, 1.165) is 17.2 Å². The molecular formula is C25H21BrFN3O3. The van der Waals surface area contributed by atoms with Gasteiger partial charge in [0.05, 0.1) is 30.0 Å². The SMILES string of the molecule is CCOc1cc(/C=N\NC(=O)c2ccc(C#N)cc2F)c(Br)cc1OCc1cccc(C)c1. The normalized spacial score (nSPS) is 10.6. The molecule has 168 valence electrons. The van der Waals surface area contributed by atoms with Crippen molar-refractivity contribution >= 4 is 28.1 Å². The van der Waals surface area contributed by atoms with Crippen molar-refractivity contribution < 1.29 is 18.7 Å². The molecule has 0 aliphatic rings. The molecule has 0 unspecified atom stereocenters. The number of aryl methyl sites for hydroxylation is 1. The number of carbonyl (C=O) groups excluding carboxylic acids is 1. The van der Waals surface area contributed by atoms with Gasteiger partial charge in [-0.05, 0) is 65.7 Å². The lowest BCUT2D eigenvalue weighted by Crippen LogP contribution is -2.19. The Morgan fingerprint density at radius 3 is 2.67 bits per heavy atom. The van der Waals surface area contributed by atoms with E-state index in [1.165, 1.54) is 18.3 Å². The molecule has 6 nitrogen and oxygen atoms in total. The second kappa shape index (κ2) is 11.2. The molecule has 0 spiro atoms. The van der Waals surface area contributed by atoms with E-state index < -0.39 is 11.7 Å². The Kier molecular flexibility index (Phi) is 8.17. The quantitative estimate of drug-likeness (QED) is 0.320. The number of carbonyl (C=O) groups is 1. The molecule has 0 bridgehead atoms. The van der Waals surface area contributed by atoms with Crippen LogP contribution in [-0.4, -0.2) is 18.7 Å². The summed E-state index contributed by atoms with van der Waals surface area (Å²) in [5.74, 6) is -0.436. The molecule has 1 amide bonds. The van der Waals surface area contributed by atoms with Crippen LogP contribution in [0.15, 0.2) is 64.2 Å². The maximum absolute atomic E-state index is 14.0. The molecule has 0 heterocycles. The lowest BCUT2D eigenvalue weighted by molar-refractivity contribution is 0.0951. The lowest BCUT2D eigenvalue weighted by Gasteiger charge is -2.14. The van der Waals surface area contributed by atoms with Gasteiger partial charge in [-0.25, -0.2) is 9.82 Å². The third-order valence-corrected chi connectivity index (χ3v) is 5.24. The Labute approximate surface area is 199 Å². The van der Waals surface area contributed by atoms with E-state index in [-0.39, 0.29) is 11.1 Å². The molecule has 0 aromatic heterocycles. The number of ether oxygens (including phenoxy) is 2. The molecule has 0 atom stereocenters. The fourth-order valence-electron chi connectivity index (χ4n) is 2.98. The van der Waals surface area contributed by atoms with Gasteiger partial charge in [0, 0.05) is 10.0 Å². The van der Waals surface area contributed by atoms with E-state index in [2.05, 4.69) is 32.5 Å². The number of hydrogen-bond donors (Lipinski definition) is 1. The fraction of sp³-hybridized carbons (Fsp3) is 0.160. The zero-order valence-corrected chi connectivity index (χ0v) is 19.6. The van der Waals surface area contributed by atoms with E-state index in [1.54, 1.807) is 12.1 Å². The highest BCUT2D eigenvalue weighted by Crippen LogP contribution is 2.34. The number of rotatable bonds is 8. The van der Waals surface area contributed by atoms with Crippen LogP contribution >= 0.6 is 15.9 Å². The number of hydrazone groups is 1. The third-order valence-electron chi connectivity index (χ3n) is 4.55. The highest BCUT2D eigenvalue weighted by Gasteiger charge is 2.13. The van der Waals surface area contributed by atoms with Crippen molar-refractivity contribution in [1.29, 1.82) is 5.26 Å². The average molecular weight is 510 g/mol. The number of amides is 1. The molecule has 1 N–H and O–H groups in total. The fourth-order valence-corrected chi connectivity index (χ4v) is 3.41. The molecule has 33 heavy (non-hydrogen) atoms. The van der Waals surface area contributed by atoms with Gasteiger partial charge in [-0.15, -0.1) is 0 Å². The second-order valence-corrected chi connectivity index (χ2v) is 7.89. The maximum atomic E-state index is 14.0.